The van der Waals surface area contributed by atoms with Crippen molar-refractivity contribution in [3.8, 4) is 5.75 Å². The van der Waals surface area contributed by atoms with Crippen molar-refractivity contribution in [2.24, 2.45) is 0 Å². The zero-order valence-electron chi connectivity index (χ0n) is 10.6. The Morgan fingerprint density at radius 3 is 2.10 bits per heavy atom. The van der Waals surface area contributed by atoms with Gasteiger partial charge >= 0.3 is 5.97 Å². The van der Waals surface area contributed by atoms with Gasteiger partial charge in [0.2, 0.25) is 0 Å². The average Bonchev–Trinajstić information content (AvgIpc) is 2.39. The molecule has 0 spiro atoms. The Morgan fingerprint density at radius 1 is 1.05 bits per heavy atom. The molecule has 0 N–H and O–H groups in total. The fraction of sp³-hybridized carbons (Fsp3) is 0.133. The summed E-state index contributed by atoms with van der Waals surface area (Å²) in [5, 5.41) is 0. The lowest BCUT2D eigenvalue weighted by molar-refractivity contribution is 0.0174. The summed E-state index contributed by atoms with van der Waals surface area (Å²) in [4.78, 5) is 11.8. The van der Waals surface area contributed by atoms with Gasteiger partial charge in [-0.3, -0.25) is 0 Å². The summed E-state index contributed by atoms with van der Waals surface area (Å²) in [5.41, 5.74) is 0.263. The first-order chi connectivity index (χ1) is 9.36. The van der Waals surface area contributed by atoms with E-state index in [0.717, 1.165) is 11.4 Å². The third kappa shape index (κ3) is 3.63. The lowest BCUT2D eigenvalue weighted by atomic mass is 10.1. The molecule has 20 heavy (non-hydrogen) atoms. The van der Waals surface area contributed by atoms with E-state index in [0.29, 0.717) is 5.56 Å². The second kappa shape index (κ2) is 5.71. The van der Waals surface area contributed by atoms with Gasteiger partial charge in [-0.25, -0.2) is 13.6 Å². The zero-order valence-corrected chi connectivity index (χ0v) is 12.2. The minimum atomic E-state index is -2.91. The van der Waals surface area contributed by atoms with Crippen LogP contribution in [0.3, 0.4) is 0 Å². The average molecular weight is 341 g/mol. The number of carbonyl (C=O) groups excluding carboxylic acids is 1. The Labute approximate surface area is 123 Å². The van der Waals surface area contributed by atoms with Crippen LogP contribution in [0.4, 0.5) is 8.78 Å². The monoisotopic (exact) mass is 340 g/mol. The number of hydrogen-bond donors (Lipinski definition) is 0. The molecule has 0 aliphatic carbocycles. The molecule has 0 aliphatic heterocycles. The first-order valence-corrected chi connectivity index (χ1v) is 6.62. The first-order valence-electron chi connectivity index (χ1n) is 5.82. The predicted molar refractivity (Wildman–Crippen MR) is 75.1 cm³/mol. The highest BCUT2D eigenvalue weighted by Gasteiger charge is 2.23. The van der Waals surface area contributed by atoms with E-state index in [2.05, 4.69) is 15.9 Å². The van der Waals surface area contributed by atoms with Crippen molar-refractivity contribution in [1.29, 1.82) is 0 Å². The third-order valence-corrected chi connectivity index (χ3v) is 3.18. The molecule has 2 aromatic carbocycles. The van der Waals surface area contributed by atoms with Crippen LogP contribution in [0.15, 0.2) is 53.0 Å². The molecule has 0 aliphatic rings. The first kappa shape index (κ1) is 14.7. The zero-order chi connectivity index (χ0) is 14.8. The standard InChI is InChI=1S/C15H11BrF2O2/c1-15(17,18)11-4-8-13(9-5-11)20-14(19)10-2-6-12(16)7-3-10/h2-9H,1H3. The van der Waals surface area contributed by atoms with Gasteiger partial charge in [-0.1, -0.05) is 15.9 Å². The molecule has 0 saturated carbocycles. The molecule has 2 rings (SSSR count). The molecule has 0 amide bonds. The van der Waals surface area contributed by atoms with E-state index in [1.54, 1.807) is 24.3 Å². The van der Waals surface area contributed by atoms with Crippen molar-refractivity contribution < 1.29 is 18.3 Å². The maximum absolute atomic E-state index is 13.0. The van der Waals surface area contributed by atoms with Crippen LogP contribution >= 0.6 is 15.9 Å². The highest BCUT2D eigenvalue weighted by Crippen LogP contribution is 2.28. The molecule has 2 aromatic rings. The second-order valence-corrected chi connectivity index (χ2v) is 5.22. The molecule has 0 bridgehead atoms. The Hall–Kier alpha value is -1.75. The Kier molecular flexibility index (Phi) is 4.18. The van der Waals surface area contributed by atoms with Crippen LogP contribution < -0.4 is 4.74 Å². The lowest BCUT2D eigenvalue weighted by Crippen LogP contribution is -2.09. The van der Waals surface area contributed by atoms with Crippen LogP contribution in [0.5, 0.6) is 5.75 Å². The van der Waals surface area contributed by atoms with E-state index >= 15 is 0 Å². The topological polar surface area (TPSA) is 26.3 Å². The SMILES string of the molecule is CC(F)(F)c1ccc(OC(=O)c2ccc(Br)cc2)cc1. The maximum Gasteiger partial charge on any atom is 0.343 e. The molecule has 104 valence electrons. The molecule has 0 atom stereocenters. The molecule has 0 heterocycles. The van der Waals surface area contributed by atoms with E-state index in [9.17, 15) is 13.6 Å². The molecule has 0 saturated heterocycles. The van der Waals surface area contributed by atoms with Crippen LogP contribution in [0.2, 0.25) is 0 Å². The van der Waals surface area contributed by atoms with Crippen LogP contribution in [-0.4, -0.2) is 5.97 Å². The Bertz CT molecular complexity index is 601. The van der Waals surface area contributed by atoms with Crippen LogP contribution in [0.1, 0.15) is 22.8 Å². The van der Waals surface area contributed by atoms with Crippen molar-refractivity contribution in [1.82, 2.24) is 0 Å². The Balaban J connectivity index is 2.10. The minimum Gasteiger partial charge on any atom is -0.423 e. The predicted octanol–water partition coefficient (Wildman–Crippen LogP) is 4.78. The number of benzene rings is 2. The number of ether oxygens (including phenoxy) is 1. The van der Waals surface area contributed by atoms with Gasteiger partial charge in [0.1, 0.15) is 5.75 Å². The highest BCUT2D eigenvalue weighted by atomic mass is 79.9. The maximum atomic E-state index is 13.0. The van der Waals surface area contributed by atoms with Gasteiger partial charge in [-0.15, -0.1) is 0 Å². The van der Waals surface area contributed by atoms with Crippen LogP contribution in [0.25, 0.3) is 0 Å². The molecule has 0 fully saturated rings. The fourth-order valence-corrected chi connectivity index (χ4v) is 1.83. The quantitative estimate of drug-likeness (QED) is 0.593. The van der Waals surface area contributed by atoms with E-state index in [1.807, 2.05) is 0 Å². The van der Waals surface area contributed by atoms with Crippen molar-refractivity contribution in [3.63, 3.8) is 0 Å². The number of hydrogen-bond acceptors (Lipinski definition) is 2. The van der Waals surface area contributed by atoms with E-state index in [-0.39, 0.29) is 11.3 Å². The normalized spacial score (nSPS) is 11.2. The van der Waals surface area contributed by atoms with Gasteiger partial charge in [0.15, 0.2) is 0 Å². The van der Waals surface area contributed by atoms with Gasteiger partial charge in [0.25, 0.3) is 5.92 Å². The third-order valence-electron chi connectivity index (χ3n) is 2.65. The summed E-state index contributed by atoms with van der Waals surface area (Å²) in [5.74, 6) is -3.21. The van der Waals surface area contributed by atoms with Gasteiger partial charge < -0.3 is 4.74 Å². The number of rotatable bonds is 3. The van der Waals surface area contributed by atoms with Gasteiger partial charge in [0.05, 0.1) is 5.56 Å². The summed E-state index contributed by atoms with van der Waals surface area (Å²) in [6.45, 7) is 0.815. The van der Waals surface area contributed by atoms with Gasteiger partial charge in [-0.2, -0.15) is 0 Å². The Morgan fingerprint density at radius 2 is 1.60 bits per heavy atom. The molecule has 0 radical (unpaired) electrons. The van der Waals surface area contributed by atoms with Crippen LogP contribution in [-0.2, 0) is 5.92 Å². The van der Waals surface area contributed by atoms with Crippen LogP contribution in [0, 0.1) is 0 Å². The lowest BCUT2D eigenvalue weighted by Gasteiger charge is -2.11. The molecule has 2 nitrogen and oxygen atoms in total. The molecular formula is C15H11BrF2O2. The highest BCUT2D eigenvalue weighted by molar-refractivity contribution is 9.10. The number of halogens is 3. The summed E-state index contributed by atoms with van der Waals surface area (Å²) < 4.78 is 32.0. The summed E-state index contributed by atoms with van der Waals surface area (Å²) in [6.07, 6.45) is 0. The van der Waals surface area contributed by atoms with E-state index in [4.69, 9.17) is 4.74 Å². The number of carbonyl (C=O) groups is 1. The van der Waals surface area contributed by atoms with Crippen molar-refractivity contribution >= 4 is 21.9 Å². The van der Waals surface area contributed by atoms with E-state index < -0.39 is 11.9 Å². The summed E-state index contributed by atoms with van der Waals surface area (Å²) >= 11 is 3.26. The van der Waals surface area contributed by atoms with Gasteiger partial charge in [-0.05, 0) is 48.5 Å². The van der Waals surface area contributed by atoms with Gasteiger partial charge in [0, 0.05) is 17.0 Å². The smallest absolute Gasteiger partial charge is 0.343 e. The molecular weight excluding hydrogens is 330 g/mol. The minimum absolute atomic E-state index is 0.124. The van der Waals surface area contributed by atoms with Crippen molar-refractivity contribution in [3.05, 3.63) is 64.1 Å². The van der Waals surface area contributed by atoms with E-state index in [1.165, 1.54) is 24.3 Å². The second-order valence-electron chi connectivity index (χ2n) is 4.31. The number of esters is 1. The fourth-order valence-electron chi connectivity index (χ4n) is 1.57. The molecule has 0 aromatic heterocycles. The van der Waals surface area contributed by atoms with Crippen molar-refractivity contribution in [2.45, 2.75) is 12.8 Å². The number of alkyl halides is 2. The largest absolute Gasteiger partial charge is 0.423 e. The summed E-state index contributed by atoms with van der Waals surface area (Å²) in [7, 11) is 0. The summed E-state index contributed by atoms with van der Waals surface area (Å²) in [6, 6.07) is 11.8. The molecule has 5 heteroatoms. The van der Waals surface area contributed by atoms with Crippen molar-refractivity contribution in [2.75, 3.05) is 0 Å². The molecule has 0 unspecified atom stereocenters.